The van der Waals surface area contributed by atoms with Crippen LogP contribution in [0, 0.1) is 0 Å². The molecule has 1 aromatic rings. The fourth-order valence-electron chi connectivity index (χ4n) is 0.871. The lowest BCUT2D eigenvalue weighted by Gasteiger charge is -2.08. The molecule has 0 bridgehead atoms. The fourth-order valence-corrected chi connectivity index (χ4v) is 0.871. The summed E-state index contributed by atoms with van der Waals surface area (Å²) in [6.45, 7) is 0. The predicted molar refractivity (Wildman–Crippen MR) is 49.3 cm³/mol. The first-order valence-corrected chi connectivity index (χ1v) is 3.86. The number of carbonyl (C=O) groups excluding carboxylic acids is 1. The predicted octanol–water partition coefficient (Wildman–Crippen LogP) is -0.430. The molecule has 0 aromatic carbocycles. The first-order chi connectivity index (χ1) is 6.09. The zero-order chi connectivity index (χ0) is 9.84. The van der Waals surface area contributed by atoms with Gasteiger partial charge in [-0.3, -0.25) is 4.79 Å². The highest BCUT2D eigenvalue weighted by Gasteiger charge is 2.01. The number of rotatable bonds is 3. The van der Waals surface area contributed by atoms with Crippen LogP contribution >= 0.6 is 0 Å². The molecule has 0 saturated heterocycles. The molecule has 0 fully saturated rings. The van der Waals surface area contributed by atoms with Crippen LogP contribution in [0.1, 0.15) is 5.56 Å². The average Bonchev–Trinajstić information content (AvgIpc) is 2.04. The molecular formula is C8H12N4O. The monoisotopic (exact) mass is 180 g/mol. The molecule has 0 aliphatic heterocycles. The molecule has 0 unspecified atom stereocenters. The number of aromatic nitrogens is 2. The Kier molecular flexibility index (Phi) is 2.79. The molecule has 0 atom stereocenters. The maximum Gasteiger partial charge on any atom is 0.224 e. The van der Waals surface area contributed by atoms with E-state index >= 15 is 0 Å². The molecule has 0 radical (unpaired) electrons. The number of primary amides is 1. The lowest BCUT2D eigenvalue weighted by atomic mass is 10.2. The van der Waals surface area contributed by atoms with Crippen LogP contribution in [0.3, 0.4) is 0 Å². The van der Waals surface area contributed by atoms with E-state index in [1.54, 1.807) is 17.3 Å². The second-order valence-electron chi connectivity index (χ2n) is 2.93. The van der Waals surface area contributed by atoms with Gasteiger partial charge in [0, 0.05) is 26.5 Å². The summed E-state index contributed by atoms with van der Waals surface area (Å²) in [7, 11) is 3.70. The van der Waals surface area contributed by atoms with Crippen LogP contribution in [-0.4, -0.2) is 30.0 Å². The van der Waals surface area contributed by atoms with E-state index in [4.69, 9.17) is 5.73 Å². The molecule has 13 heavy (non-hydrogen) atoms. The van der Waals surface area contributed by atoms with E-state index in [0.29, 0.717) is 5.95 Å². The molecule has 70 valence electrons. The Morgan fingerprint density at radius 3 is 2.38 bits per heavy atom. The topological polar surface area (TPSA) is 72.1 Å². The minimum absolute atomic E-state index is 0.188. The van der Waals surface area contributed by atoms with Crippen molar-refractivity contribution in [2.75, 3.05) is 19.0 Å². The van der Waals surface area contributed by atoms with Gasteiger partial charge < -0.3 is 10.6 Å². The first-order valence-electron chi connectivity index (χ1n) is 3.86. The molecule has 1 amide bonds. The van der Waals surface area contributed by atoms with Crippen LogP contribution in [-0.2, 0) is 11.2 Å². The maximum absolute atomic E-state index is 10.5. The molecule has 1 rings (SSSR count). The van der Waals surface area contributed by atoms with Crippen LogP contribution in [0.2, 0.25) is 0 Å². The number of anilines is 1. The molecular weight excluding hydrogens is 168 g/mol. The summed E-state index contributed by atoms with van der Waals surface area (Å²) in [4.78, 5) is 20.4. The first kappa shape index (κ1) is 9.44. The highest BCUT2D eigenvalue weighted by atomic mass is 16.1. The highest BCUT2D eigenvalue weighted by Crippen LogP contribution is 2.02. The van der Waals surface area contributed by atoms with E-state index in [1.165, 1.54) is 0 Å². The third kappa shape index (κ3) is 2.70. The number of carbonyl (C=O) groups is 1. The molecule has 2 N–H and O–H groups in total. The van der Waals surface area contributed by atoms with Gasteiger partial charge in [-0.1, -0.05) is 0 Å². The van der Waals surface area contributed by atoms with E-state index < -0.39 is 0 Å². The van der Waals surface area contributed by atoms with E-state index in [2.05, 4.69) is 9.97 Å². The maximum atomic E-state index is 10.5. The summed E-state index contributed by atoms with van der Waals surface area (Å²) < 4.78 is 0. The molecule has 0 aliphatic rings. The number of hydrogen-bond acceptors (Lipinski definition) is 4. The minimum atomic E-state index is -0.374. The number of nitrogens with zero attached hydrogens (tertiary/aromatic N) is 3. The average molecular weight is 180 g/mol. The third-order valence-corrected chi connectivity index (χ3v) is 1.47. The van der Waals surface area contributed by atoms with Gasteiger partial charge in [0.1, 0.15) is 0 Å². The highest BCUT2D eigenvalue weighted by molar-refractivity contribution is 5.76. The van der Waals surface area contributed by atoms with Crippen LogP contribution in [0.5, 0.6) is 0 Å². The molecule has 0 saturated carbocycles. The Labute approximate surface area is 76.6 Å². The quantitative estimate of drug-likeness (QED) is 0.685. The van der Waals surface area contributed by atoms with Gasteiger partial charge >= 0.3 is 0 Å². The molecule has 5 heteroatoms. The minimum Gasteiger partial charge on any atom is -0.369 e. The zero-order valence-electron chi connectivity index (χ0n) is 7.69. The Morgan fingerprint density at radius 2 is 2.00 bits per heavy atom. The summed E-state index contributed by atoms with van der Waals surface area (Å²) in [6.07, 6.45) is 3.40. The summed E-state index contributed by atoms with van der Waals surface area (Å²) in [5.41, 5.74) is 5.75. The third-order valence-electron chi connectivity index (χ3n) is 1.47. The summed E-state index contributed by atoms with van der Waals surface area (Å²) in [5.74, 6) is 0.245. The van der Waals surface area contributed by atoms with Gasteiger partial charge in [-0.2, -0.15) is 0 Å². The van der Waals surface area contributed by atoms with Gasteiger partial charge in [-0.05, 0) is 5.56 Å². The van der Waals surface area contributed by atoms with Crippen molar-refractivity contribution < 1.29 is 4.79 Å². The van der Waals surface area contributed by atoms with Crippen molar-refractivity contribution in [2.45, 2.75) is 6.42 Å². The standard InChI is InChI=1S/C8H12N4O/c1-12(2)8-10-4-6(5-11-8)3-7(9)13/h4-5H,3H2,1-2H3,(H2,9,13). The van der Waals surface area contributed by atoms with Gasteiger partial charge in [-0.25, -0.2) is 9.97 Å². The number of hydrogen-bond donors (Lipinski definition) is 1. The smallest absolute Gasteiger partial charge is 0.224 e. The summed E-state index contributed by atoms with van der Waals surface area (Å²) in [6, 6.07) is 0. The summed E-state index contributed by atoms with van der Waals surface area (Å²) in [5, 5.41) is 0. The van der Waals surface area contributed by atoms with E-state index in [-0.39, 0.29) is 12.3 Å². The summed E-state index contributed by atoms with van der Waals surface area (Å²) >= 11 is 0. The van der Waals surface area contributed by atoms with Gasteiger partial charge in [0.15, 0.2) is 0 Å². The molecule has 0 aliphatic carbocycles. The van der Waals surface area contributed by atoms with Crippen molar-refractivity contribution in [3.05, 3.63) is 18.0 Å². The van der Waals surface area contributed by atoms with Crippen molar-refractivity contribution >= 4 is 11.9 Å². The Bertz CT molecular complexity index is 294. The van der Waals surface area contributed by atoms with Crippen LogP contribution in [0.25, 0.3) is 0 Å². The van der Waals surface area contributed by atoms with E-state index in [1.807, 2.05) is 14.1 Å². The lowest BCUT2D eigenvalue weighted by Crippen LogP contribution is -2.16. The molecule has 1 aromatic heterocycles. The van der Waals surface area contributed by atoms with E-state index in [0.717, 1.165) is 5.56 Å². The Morgan fingerprint density at radius 1 is 1.46 bits per heavy atom. The molecule has 5 nitrogen and oxygen atoms in total. The molecule has 0 spiro atoms. The van der Waals surface area contributed by atoms with Crippen molar-refractivity contribution in [3.63, 3.8) is 0 Å². The van der Waals surface area contributed by atoms with Gasteiger partial charge in [0.25, 0.3) is 0 Å². The Hall–Kier alpha value is -1.65. The van der Waals surface area contributed by atoms with Gasteiger partial charge in [0.2, 0.25) is 11.9 Å². The number of nitrogens with two attached hydrogens (primary N) is 1. The largest absolute Gasteiger partial charge is 0.369 e. The zero-order valence-corrected chi connectivity index (χ0v) is 7.69. The van der Waals surface area contributed by atoms with Crippen molar-refractivity contribution in [1.82, 2.24) is 9.97 Å². The van der Waals surface area contributed by atoms with Crippen LogP contribution in [0.15, 0.2) is 12.4 Å². The van der Waals surface area contributed by atoms with Crippen molar-refractivity contribution in [3.8, 4) is 0 Å². The SMILES string of the molecule is CN(C)c1ncc(CC(N)=O)cn1. The van der Waals surface area contributed by atoms with Crippen LogP contribution < -0.4 is 10.6 Å². The Balaban J connectivity index is 2.75. The second-order valence-corrected chi connectivity index (χ2v) is 2.93. The van der Waals surface area contributed by atoms with Crippen LogP contribution in [0.4, 0.5) is 5.95 Å². The van der Waals surface area contributed by atoms with Gasteiger partial charge in [-0.15, -0.1) is 0 Å². The van der Waals surface area contributed by atoms with Crippen molar-refractivity contribution in [2.24, 2.45) is 5.73 Å². The fraction of sp³-hybridized carbons (Fsp3) is 0.375. The molecule has 1 heterocycles. The normalized spacial score (nSPS) is 9.69. The second kappa shape index (κ2) is 3.84. The van der Waals surface area contributed by atoms with Crippen molar-refractivity contribution in [1.29, 1.82) is 0 Å². The van der Waals surface area contributed by atoms with E-state index in [9.17, 15) is 4.79 Å². The lowest BCUT2D eigenvalue weighted by molar-refractivity contribution is -0.117. The van der Waals surface area contributed by atoms with Gasteiger partial charge in [0.05, 0.1) is 6.42 Å². The number of amides is 1.